The zero-order chi connectivity index (χ0) is 32.9. The first kappa shape index (κ1) is 33.0. The molecule has 4 rings (SSSR count). The lowest BCUT2D eigenvalue weighted by Gasteiger charge is -2.25. The Kier molecular flexibility index (Phi) is 9.81. The molecule has 45 heavy (non-hydrogen) atoms. The Morgan fingerprint density at radius 3 is 2.36 bits per heavy atom. The number of carboxylic acid groups (broad SMARTS) is 1. The number of unbranched alkanes of at least 4 members (excludes halogenated alkanes) is 1. The minimum atomic E-state index is -4.83. The van der Waals surface area contributed by atoms with Gasteiger partial charge in [-0.25, -0.2) is 27.8 Å². The molecule has 0 radical (unpaired) electrons. The number of aromatic nitrogens is 3. The van der Waals surface area contributed by atoms with Crippen LogP contribution in [0.25, 0.3) is 11.1 Å². The van der Waals surface area contributed by atoms with Crippen molar-refractivity contribution in [3.05, 3.63) is 99.7 Å². The van der Waals surface area contributed by atoms with Crippen molar-refractivity contribution >= 4 is 27.7 Å². The Balaban J connectivity index is 1.95. The van der Waals surface area contributed by atoms with Crippen molar-refractivity contribution in [1.82, 2.24) is 19.5 Å². The molecule has 0 spiro atoms. The van der Waals surface area contributed by atoms with Gasteiger partial charge in [0.25, 0.3) is 10.0 Å². The molecule has 1 unspecified atom stereocenters. The number of amides is 2. The van der Waals surface area contributed by atoms with Gasteiger partial charge in [0.05, 0.1) is 16.5 Å². The fraction of sp³-hybridized carbons (Fsp3) is 0.267. The molecule has 0 aliphatic rings. The second kappa shape index (κ2) is 13.4. The standard InChI is InChI=1S/C30H30F3N5O6S/c1-3-5-10-25-35-36-28(40)38(25)27(22-17-20(34-26(39)4-2)15-16-23(22)30(31,32)33)19-13-11-18(12-14-19)21-8-6-7-9-24(21)45(43,44)37-29(41)42/h6-9,11-17,27,37H,3-5,10H2,1-2H3,(H,34,39)(H,36,40)(H,41,42). The minimum absolute atomic E-state index is 0.0861. The molecule has 0 fully saturated rings. The molecule has 15 heteroatoms. The summed E-state index contributed by atoms with van der Waals surface area (Å²) in [6.45, 7) is 3.51. The molecule has 1 heterocycles. The molecule has 1 aromatic heterocycles. The molecule has 3 aromatic carbocycles. The molecule has 0 saturated heterocycles. The van der Waals surface area contributed by atoms with Gasteiger partial charge in [0.15, 0.2) is 0 Å². The van der Waals surface area contributed by atoms with Crippen molar-refractivity contribution in [2.24, 2.45) is 0 Å². The average molecular weight is 646 g/mol. The van der Waals surface area contributed by atoms with Gasteiger partial charge in [0.2, 0.25) is 5.91 Å². The molecule has 0 aliphatic carbocycles. The summed E-state index contributed by atoms with van der Waals surface area (Å²) < 4.78 is 71.4. The first-order chi connectivity index (χ1) is 21.3. The van der Waals surface area contributed by atoms with Crippen LogP contribution in [0.5, 0.6) is 0 Å². The Morgan fingerprint density at radius 2 is 1.73 bits per heavy atom. The van der Waals surface area contributed by atoms with E-state index in [2.05, 4.69) is 15.5 Å². The van der Waals surface area contributed by atoms with Gasteiger partial charge < -0.3 is 10.4 Å². The Hall–Kier alpha value is -4.92. The number of aryl methyl sites for hydroxylation is 1. The smallest absolute Gasteiger partial charge is 0.418 e. The monoisotopic (exact) mass is 645 g/mol. The maximum atomic E-state index is 14.5. The predicted octanol–water partition coefficient (Wildman–Crippen LogP) is 5.54. The topological polar surface area (TPSA) is 163 Å². The maximum Gasteiger partial charge on any atom is 0.418 e. The van der Waals surface area contributed by atoms with E-state index in [9.17, 15) is 36.0 Å². The number of hydrogen-bond acceptors (Lipinski definition) is 6. The largest absolute Gasteiger partial charge is 0.464 e. The molecule has 4 aromatic rings. The van der Waals surface area contributed by atoms with E-state index < -0.39 is 45.5 Å². The molecule has 2 amide bonds. The van der Waals surface area contributed by atoms with Gasteiger partial charge in [-0.15, -0.1) is 0 Å². The fourth-order valence-corrected chi connectivity index (χ4v) is 5.98. The van der Waals surface area contributed by atoms with E-state index in [1.165, 1.54) is 53.3 Å². The van der Waals surface area contributed by atoms with Gasteiger partial charge in [-0.05, 0) is 47.4 Å². The number of sulfonamides is 1. The zero-order valence-electron chi connectivity index (χ0n) is 24.2. The van der Waals surface area contributed by atoms with Crippen molar-refractivity contribution in [1.29, 1.82) is 0 Å². The van der Waals surface area contributed by atoms with Crippen LogP contribution in [-0.2, 0) is 27.4 Å². The molecule has 1 atom stereocenters. The number of carbonyl (C=O) groups is 2. The molecule has 0 aliphatic heterocycles. The summed E-state index contributed by atoms with van der Waals surface area (Å²) in [5.41, 5.74) is -1.32. The summed E-state index contributed by atoms with van der Waals surface area (Å²) in [6, 6.07) is 13.3. The van der Waals surface area contributed by atoms with E-state index in [4.69, 9.17) is 5.11 Å². The highest BCUT2D eigenvalue weighted by Gasteiger charge is 2.37. The van der Waals surface area contributed by atoms with Crippen molar-refractivity contribution in [2.45, 2.75) is 56.6 Å². The lowest BCUT2D eigenvalue weighted by molar-refractivity contribution is -0.138. The first-order valence-corrected chi connectivity index (χ1v) is 15.4. The van der Waals surface area contributed by atoms with Gasteiger partial charge in [0, 0.05) is 24.1 Å². The Labute approximate surface area is 256 Å². The fourth-order valence-electron chi connectivity index (χ4n) is 4.91. The molecular weight excluding hydrogens is 615 g/mol. The van der Waals surface area contributed by atoms with Gasteiger partial charge >= 0.3 is 18.0 Å². The Bertz CT molecular complexity index is 1870. The van der Waals surface area contributed by atoms with Crippen molar-refractivity contribution in [3.63, 3.8) is 0 Å². The predicted molar refractivity (Wildman–Crippen MR) is 159 cm³/mol. The van der Waals surface area contributed by atoms with Crippen LogP contribution in [0.1, 0.15) is 61.7 Å². The van der Waals surface area contributed by atoms with E-state index in [0.29, 0.717) is 18.4 Å². The summed E-state index contributed by atoms with van der Waals surface area (Å²) >= 11 is 0. The molecular formula is C30H30F3N5O6S. The number of anilines is 1. The molecule has 0 bridgehead atoms. The second-order valence-electron chi connectivity index (χ2n) is 10.1. The molecule has 0 saturated carbocycles. The lowest BCUT2D eigenvalue weighted by atomic mass is 9.91. The molecule has 11 nitrogen and oxygen atoms in total. The van der Waals surface area contributed by atoms with Crippen LogP contribution in [0.4, 0.5) is 23.7 Å². The number of nitrogens with zero attached hydrogens (tertiary/aromatic N) is 2. The number of alkyl halides is 3. The van der Waals surface area contributed by atoms with Gasteiger partial charge in [-0.2, -0.15) is 18.3 Å². The first-order valence-electron chi connectivity index (χ1n) is 13.9. The highest BCUT2D eigenvalue weighted by Crippen LogP contribution is 2.40. The highest BCUT2D eigenvalue weighted by atomic mass is 32.2. The number of carbonyl (C=O) groups excluding carboxylic acids is 1. The number of hydrogen-bond donors (Lipinski definition) is 4. The highest BCUT2D eigenvalue weighted by molar-refractivity contribution is 7.90. The third-order valence-corrected chi connectivity index (χ3v) is 8.36. The SMILES string of the molecule is CCCCc1n[nH]c(=O)n1C(c1ccc(-c2ccccc2S(=O)(=O)NC(=O)O)cc1)c1cc(NC(=O)CC)ccc1C(F)(F)F. The third-order valence-electron chi connectivity index (χ3n) is 6.98. The average Bonchev–Trinajstić information content (AvgIpc) is 3.34. The third kappa shape index (κ3) is 7.42. The number of nitrogens with one attached hydrogen (secondary N) is 3. The van der Waals surface area contributed by atoms with E-state index in [0.717, 1.165) is 23.1 Å². The number of aromatic amines is 1. The normalized spacial score (nSPS) is 12.5. The number of benzene rings is 3. The van der Waals surface area contributed by atoms with Crippen LogP contribution in [0.2, 0.25) is 0 Å². The van der Waals surface area contributed by atoms with Crippen molar-refractivity contribution in [2.75, 3.05) is 5.32 Å². The maximum absolute atomic E-state index is 14.5. The van der Waals surface area contributed by atoms with Crippen LogP contribution in [0.15, 0.2) is 76.4 Å². The van der Waals surface area contributed by atoms with Gasteiger partial charge in [-0.1, -0.05) is 62.7 Å². The number of H-pyrrole nitrogens is 1. The quantitative estimate of drug-likeness (QED) is 0.166. The van der Waals surface area contributed by atoms with E-state index in [-0.39, 0.29) is 39.5 Å². The van der Waals surface area contributed by atoms with Crippen LogP contribution in [0.3, 0.4) is 0 Å². The van der Waals surface area contributed by atoms with Crippen molar-refractivity contribution < 1.29 is 36.3 Å². The van der Waals surface area contributed by atoms with Crippen molar-refractivity contribution in [3.8, 4) is 11.1 Å². The second-order valence-corrected chi connectivity index (χ2v) is 11.7. The van der Waals surface area contributed by atoms with Gasteiger partial charge in [-0.3, -0.25) is 9.36 Å². The molecule has 238 valence electrons. The minimum Gasteiger partial charge on any atom is -0.464 e. The zero-order valence-corrected chi connectivity index (χ0v) is 25.0. The van der Waals surface area contributed by atoms with E-state index >= 15 is 0 Å². The lowest BCUT2D eigenvalue weighted by Crippen LogP contribution is -2.29. The van der Waals surface area contributed by atoms with E-state index in [1.54, 1.807) is 13.0 Å². The van der Waals surface area contributed by atoms with Crippen LogP contribution < -0.4 is 15.7 Å². The summed E-state index contributed by atoms with van der Waals surface area (Å²) in [5.74, 6) is -0.194. The van der Waals surface area contributed by atoms with E-state index in [1.807, 2.05) is 6.92 Å². The molecule has 4 N–H and O–H groups in total. The Morgan fingerprint density at radius 1 is 1.04 bits per heavy atom. The number of halogens is 3. The summed E-state index contributed by atoms with van der Waals surface area (Å²) in [6.07, 6.45) is -4.90. The van der Waals surface area contributed by atoms with Crippen LogP contribution >= 0.6 is 0 Å². The van der Waals surface area contributed by atoms with Crippen LogP contribution in [-0.4, -0.2) is 40.3 Å². The summed E-state index contributed by atoms with van der Waals surface area (Å²) in [7, 11) is -4.47. The summed E-state index contributed by atoms with van der Waals surface area (Å²) in [4.78, 5) is 36.0. The summed E-state index contributed by atoms with van der Waals surface area (Å²) in [5, 5.41) is 18.0. The van der Waals surface area contributed by atoms with Gasteiger partial charge in [0.1, 0.15) is 5.82 Å². The number of rotatable bonds is 11. The van der Waals surface area contributed by atoms with Crippen LogP contribution in [0, 0.1) is 0 Å².